The molecule has 9 nitrogen and oxygen atoms in total. The van der Waals surface area contributed by atoms with E-state index in [-0.39, 0.29) is 34.3 Å². The molecule has 2 N–H and O–H groups in total. The lowest BCUT2D eigenvalue weighted by atomic mass is 10.0. The third-order valence-electron chi connectivity index (χ3n) is 6.22. The summed E-state index contributed by atoms with van der Waals surface area (Å²) in [6.07, 6.45) is 3.87. The zero-order valence-electron chi connectivity index (χ0n) is 17.2. The van der Waals surface area contributed by atoms with E-state index in [1.54, 1.807) is 4.57 Å². The van der Waals surface area contributed by atoms with Crippen molar-refractivity contribution in [2.24, 2.45) is 0 Å². The normalized spacial score (nSPS) is 18.7. The number of pyridine rings is 1. The molecule has 162 valence electrons. The summed E-state index contributed by atoms with van der Waals surface area (Å²) in [6, 6.07) is 1.22. The number of carbonyl (C=O) groups is 1. The van der Waals surface area contributed by atoms with Crippen LogP contribution in [0.3, 0.4) is 0 Å². The molecule has 2 aliphatic rings. The van der Waals surface area contributed by atoms with Crippen molar-refractivity contribution in [3.05, 3.63) is 45.3 Å². The van der Waals surface area contributed by atoms with Crippen LogP contribution in [0.5, 0.6) is 5.75 Å². The quantitative estimate of drug-likeness (QED) is 0.643. The summed E-state index contributed by atoms with van der Waals surface area (Å²) in [5.41, 5.74) is 1.34. The van der Waals surface area contributed by atoms with Crippen molar-refractivity contribution in [1.82, 2.24) is 20.0 Å². The molecule has 1 unspecified atom stereocenters. The van der Waals surface area contributed by atoms with E-state index in [0.717, 1.165) is 36.7 Å². The second-order valence-corrected chi connectivity index (χ2v) is 8.18. The van der Waals surface area contributed by atoms with E-state index in [1.165, 1.54) is 13.3 Å². The van der Waals surface area contributed by atoms with Gasteiger partial charge in [0.1, 0.15) is 11.3 Å². The summed E-state index contributed by atoms with van der Waals surface area (Å²) in [5, 5.41) is 20.4. The number of halogens is 1. The van der Waals surface area contributed by atoms with Crippen molar-refractivity contribution in [1.29, 1.82) is 0 Å². The Bertz CT molecular complexity index is 1260. The number of aromatic nitrogens is 4. The highest BCUT2D eigenvalue weighted by Gasteiger charge is 2.34. The number of carboxylic acids is 1. The average molecular weight is 427 g/mol. The van der Waals surface area contributed by atoms with E-state index in [0.29, 0.717) is 18.6 Å². The minimum Gasteiger partial charge on any atom is -0.492 e. The predicted octanol–water partition coefficient (Wildman–Crippen LogP) is 2.60. The number of aromatic amines is 1. The van der Waals surface area contributed by atoms with Gasteiger partial charge in [0.15, 0.2) is 11.6 Å². The number of aryl methyl sites for hydroxylation is 1. The van der Waals surface area contributed by atoms with Gasteiger partial charge in [-0.2, -0.15) is 15.4 Å². The molecular formula is C21H22FN5O4. The molecule has 31 heavy (non-hydrogen) atoms. The van der Waals surface area contributed by atoms with Crippen LogP contribution in [0.25, 0.3) is 10.9 Å². The van der Waals surface area contributed by atoms with Crippen molar-refractivity contribution in [3.63, 3.8) is 0 Å². The van der Waals surface area contributed by atoms with Crippen LogP contribution in [0.15, 0.2) is 17.1 Å². The molecule has 3 heterocycles. The summed E-state index contributed by atoms with van der Waals surface area (Å²) in [5.74, 6) is -1.58. The number of nitrogens with one attached hydrogen (secondary N) is 1. The van der Waals surface area contributed by atoms with E-state index < -0.39 is 17.2 Å². The molecule has 0 radical (unpaired) electrons. The maximum absolute atomic E-state index is 15.4. The summed E-state index contributed by atoms with van der Waals surface area (Å²) in [6.45, 7) is 3.01. The predicted molar refractivity (Wildman–Crippen MR) is 111 cm³/mol. The van der Waals surface area contributed by atoms with Crippen molar-refractivity contribution in [2.75, 3.05) is 25.1 Å². The Hall–Kier alpha value is -3.43. The van der Waals surface area contributed by atoms with Crippen LogP contribution in [0, 0.1) is 12.7 Å². The number of hydrogen-bond acceptors (Lipinski definition) is 6. The van der Waals surface area contributed by atoms with Gasteiger partial charge in [0.05, 0.1) is 29.4 Å². The maximum Gasteiger partial charge on any atom is 0.341 e. The molecule has 0 bridgehead atoms. The standard InChI is InChI=1S/C21H22FN5O4/c1-10-16(24-25-23-10)11-5-6-26(8-11)18-15(22)7-13-17(20(18)31-2)27(12-3-4-12)9-14(19(13)28)21(29)30/h7,9,11-12H,3-6,8H2,1-2H3,(H,29,30)(H,23,24,25). The van der Waals surface area contributed by atoms with Crippen LogP contribution in [0.2, 0.25) is 0 Å². The fourth-order valence-electron chi connectivity index (χ4n) is 4.59. The molecule has 1 saturated heterocycles. The molecule has 2 fully saturated rings. The highest BCUT2D eigenvalue weighted by molar-refractivity contribution is 5.97. The molecule has 2 aromatic heterocycles. The van der Waals surface area contributed by atoms with Crippen LogP contribution in [-0.2, 0) is 0 Å². The lowest BCUT2D eigenvalue weighted by molar-refractivity contribution is 0.0695. The van der Waals surface area contributed by atoms with Gasteiger partial charge in [-0.15, -0.1) is 0 Å². The highest BCUT2D eigenvalue weighted by Crippen LogP contribution is 2.45. The molecule has 10 heteroatoms. The molecule has 1 saturated carbocycles. The van der Waals surface area contributed by atoms with Crippen LogP contribution < -0.4 is 15.1 Å². The van der Waals surface area contributed by atoms with Gasteiger partial charge in [-0.25, -0.2) is 9.18 Å². The molecular weight excluding hydrogens is 405 g/mol. The van der Waals surface area contributed by atoms with Gasteiger partial charge in [-0.3, -0.25) is 4.79 Å². The van der Waals surface area contributed by atoms with E-state index in [4.69, 9.17) is 4.74 Å². The summed E-state index contributed by atoms with van der Waals surface area (Å²) in [4.78, 5) is 26.3. The van der Waals surface area contributed by atoms with Crippen LogP contribution >= 0.6 is 0 Å². The van der Waals surface area contributed by atoms with Gasteiger partial charge in [0, 0.05) is 31.2 Å². The Balaban J connectivity index is 1.68. The van der Waals surface area contributed by atoms with Gasteiger partial charge >= 0.3 is 5.97 Å². The van der Waals surface area contributed by atoms with Gasteiger partial charge < -0.3 is 19.3 Å². The number of aromatic carboxylic acids is 1. The Morgan fingerprint density at radius 1 is 1.32 bits per heavy atom. The molecule has 1 atom stereocenters. The topological polar surface area (TPSA) is 113 Å². The number of nitrogens with zero attached hydrogens (tertiary/aromatic N) is 4. The van der Waals surface area contributed by atoms with Crippen molar-refractivity contribution < 1.29 is 19.0 Å². The lowest BCUT2D eigenvalue weighted by Gasteiger charge is -2.24. The van der Waals surface area contributed by atoms with Gasteiger partial charge in [-0.1, -0.05) is 0 Å². The SMILES string of the molecule is COc1c(N2CCC(c3n[nH]nc3C)C2)c(F)cc2c(=O)c(C(=O)O)cn(C3CC3)c12. The number of H-pyrrole nitrogens is 1. The fraction of sp³-hybridized carbons (Fsp3) is 0.429. The third kappa shape index (κ3) is 3.05. The second kappa shape index (κ2) is 7.07. The van der Waals surface area contributed by atoms with Gasteiger partial charge in [0.25, 0.3) is 0 Å². The smallest absolute Gasteiger partial charge is 0.341 e. The zero-order valence-corrected chi connectivity index (χ0v) is 17.2. The first-order chi connectivity index (χ1) is 14.9. The largest absolute Gasteiger partial charge is 0.492 e. The Morgan fingerprint density at radius 2 is 2.10 bits per heavy atom. The molecule has 1 aliphatic carbocycles. The number of ether oxygens (including phenoxy) is 1. The molecule has 1 aliphatic heterocycles. The molecule has 0 spiro atoms. The number of methoxy groups -OCH3 is 1. The molecule has 1 aromatic carbocycles. The second-order valence-electron chi connectivity index (χ2n) is 8.18. The molecule has 0 amide bonds. The minimum absolute atomic E-state index is 0.0213. The zero-order chi connectivity index (χ0) is 21.9. The van der Waals surface area contributed by atoms with Crippen molar-refractivity contribution in [2.45, 2.75) is 38.1 Å². The monoisotopic (exact) mass is 427 g/mol. The van der Waals surface area contributed by atoms with E-state index in [2.05, 4.69) is 15.4 Å². The van der Waals surface area contributed by atoms with Crippen molar-refractivity contribution in [3.8, 4) is 5.75 Å². The minimum atomic E-state index is -1.32. The lowest BCUT2D eigenvalue weighted by Crippen LogP contribution is -2.24. The van der Waals surface area contributed by atoms with E-state index >= 15 is 4.39 Å². The number of carboxylic acid groups (broad SMARTS) is 1. The number of hydrogen-bond donors (Lipinski definition) is 2. The van der Waals surface area contributed by atoms with Crippen LogP contribution in [0.4, 0.5) is 10.1 Å². The summed E-state index contributed by atoms with van der Waals surface area (Å²) < 4.78 is 22.8. The summed E-state index contributed by atoms with van der Waals surface area (Å²) in [7, 11) is 1.44. The van der Waals surface area contributed by atoms with Crippen molar-refractivity contribution >= 4 is 22.6 Å². The average Bonchev–Trinajstić information content (AvgIpc) is 3.31. The highest BCUT2D eigenvalue weighted by atomic mass is 19.1. The number of rotatable bonds is 5. The van der Waals surface area contributed by atoms with E-state index in [1.807, 2.05) is 11.8 Å². The Labute approximate surface area is 176 Å². The first kappa shape index (κ1) is 19.5. The Morgan fingerprint density at radius 3 is 2.71 bits per heavy atom. The first-order valence-electron chi connectivity index (χ1n) is 10.2. The maximum atomic E-state index is 15.4. The number of anilines is 1. The van der Waals surface area contributed by atoms with E-state index in [9.17, 15) is 14.7 Å². The number of fused-ring (bicyclic) bond motifs is 1. The third-order valence-corrected chi connectivity index (χ3v) is 6.22. The number of benzene rings is 1. The van der Waals surface area contributed by atoms with Crippen LogP contribution in [0.1, 0.15) is 53.0 Å². The molecule has 3 aromatic rings. The van der Waals surface area contributed by atoms with Gasteiger partial charge in [-0.05, 0) is 32.3 Å². The van der Waals surface area contributed by atoms with Gasteiger partial charge in [0.2, 0.25) is 5.43 Å². The van der Waals surface area contributed by atoms with Crippen LogP contribution in [-0.4, -0.2) is 51.3 Å². The summed E-state index contributed by atoms with van der Waals surface area (Å²) >= 11 is 0. The first-order valence-corrected chi connectivity index (χ1v) is 10.2. The fourth-order valence-corrected chi connectivity index (χ4v) is 4.59. The molecule has 5 rings (SSSR count). The Kier molecular flexibility index (Phi) is 4.45.